The van der Waals surface area contributed by atoms with Crippen molar-refractivity contribution in [1.29, 1.82) is 0 Å². The number of nitrogen functional groups attached to an aromatic ring is 1. The molecule has 4 nitrogen and oxygen atoms in total. The molecule has 1 rings (SSSR count). The Bertz CT molecular complexity index is 227. The van der Waals surface area contributed by atoms with Gasteiger partial charge in [-0.25, -0.2) is 4.98 Å². The predicted molar refractivity (Wildman–Crippen MR) is 33.1 cm³/mol. The number of hydrogen-bond donors (Lipinski definition) is 2. The van der Waals surface area contributed by atoms with Gasteiger partial charge in [-0.05, 0) is 0 Å². The third-order valence-electron chi connectivity index (χ3n) is 0.744. The largest absolute Gasteiger partial charge is 0.492 e. The van der Waals surface area contributed by atoms with Gasteiger partial charge < -0.3 is 10.8 Å². The summed E-state index contributed by atoms with van der Waals surface area (Å²) in [5.41, 5.74) is 5.09. The fourth-order valence-electron chi connectivity index (χ4n) is 0.371. The minimum Gasteiger partial charge on any atom is -0.492 e. The lowest BCUT2D eigenvalue weighted by molar-refractivity contribution is 0.453. The van der Waals surface area contributed by atoms with E-state index < -0.39 is 0 Å². The zero-order chi connectivity index (χ0) is 6.85. The standard InChI is InChI=1S/C4H4ClN3O/c5-2-1-7-4(6)8-3(2)9/h1H,(H3,6,7,8,9). The number of nitrogens with zero attached hydrogens (tertiary/aromatic N) is 2. The molecular weight excluding hydrogens is 142 g/mol. The highest BCUT2D eigenvalue weighted by Crippen LogP contribution is 2.17. The van der Waals surface area contributed by atoms with Crippen molar-refractivity contribution in [1.82, 2.24) is 9.97 Å². The average molecular weight is 146 g/mol. The van der Waals surface area contributed by atoms with Crippen molar-refractivity contribution in [2.75, 3.05) is 5.73 Å². The van der Waals surface area contributed by atoms with Gasteiger partial charge in [0.1, 0.15) is 5.02 Å². The molecule has 48 valence electrons. The van der Waals surface area contributed by atoms with E-state index in [2.05, 4.69) is 9.97 Å². The predicted octanol–water partition coefficient (Wildman–Crippen LogP) is 0.418. The first kappa shape index (κ1) is 6.10. The first-order valence-corrected chi connectivity index (χ1v) is 2.55. The van der Waals surface area contributed by atoms with Gasteiger partial charge in [-0.3, -0.25) is 0 Å². The molecule has 0 atom stereocenters. The van der Waals surface area contributed by atoms with Crippen molar-refractivity contribution in [3.63, 3.8) is 0 Å². The maximum Gasteiger partial charge on any atom is 0.235 e. The summed E-state index contributed by atoms with van der Waals surface area (Å²) in [5, 5.41) is 8.84. The van der Waals surface area contributed by atoms with E-state index in [9.17, 15) is 0 Å². The van der Waals surface area contributed by atoms with E-state index in [4.69, 9.17) is 22.4 Å². The summed E-state index contributed by atoms with van der Waals surface area (Å²) in [6.07, 6.45) is 1.24. The molecule has 0 saturated carbocycles. The van der Waals surface area contributed by atoms with Gasteiger partial charge in [0.2, 0.25) is 11.8 Å². The SMILES string of the molecule is Nc1ncc(Cl)c(O)n1. The van der Waals surface area contributed by atoms with E-state index in [0.29, 0.717) is 0 Å². The average Bonchev–Trinajstić information content (AvgIpc) is 1.80. The Labute approximate surface area is 56.3 Å². The Morgan fingerprint density at radius 3 is 2.78 bits per heavy atom. The van der Waals surface area contributed by atoms with Crippen molar-refractivity contribution >= 4 is 17.5 Å². The van der Waals surface area contributed by atoms with Crippen LogP contribution in [0.5, 0.6) is 5.88 Å². The molecule has 0 amide bonds. The number of aromatic hydroxyl groups is 1. The minimum atomic E-state index is -0.288. The smallest absolute Gasteiger partial charge is 0.235 e. The fraction of sp³-hybridized carbons (Fsp3) is 0. The lowest BCUT2D eigenvalue weighted by Crippen LogP contribution is -1.92. The summed E-state index contributed by atoms with van der Waals surface area (Å²) in [6.45, 7) is 0. The van der Waals surface area contributed by atoms with E-state index in [0.717, 1.165) is 0 Å². The van der Waals surface area contributed by atoms with Crippen LogP contribution in [0.25, 0.3) is 0 Å². The van der Waals surface area contributed by atoms with Gasteiger partial charge in [0.05, 0.1) is 6.20 Å². The molecule has 0 fully saturated rings. The van der Waals surface area contributed by atoms with Crippen LogP contribution in [0.15, 0.2) is 6.20 Å². The van der Waals surface area contributed by atoms with Crippen LogP contribution in [0.3, 0.4) is 0 Å². The number of hydrogen-bond acceptors (Lipinski definition) is 4. The summed E-state index contributed by atoms with van der Waals surface area (Å²) >= 11 is 5.35. The normalized spacial score (nSPS) is 9.44. The molecule has 3 N–H and O–H groups in total. The molecule has 1 heterocycles. The molecule has 9 heavy (non-hydrogen) atoms. The number of anilines is 1. The Balaban J connectivity index is 3.17. The number of nitrogens with two attached hydrogens (primary N) is 1. The van der Waals surface area contributed by atoms with Crippen LogP contribution in [-0.2, 0) is 0 Å². The van der Waals surface area contributed by atoms with Gasteiger partial charge in [-0.1, -0.05) is 11.6 Å². The fourth-order valence-corrected chi connectivity index (χ4v) is 0.462. The Morgan fingerprint density at radius 1 is 1.67 bits per heavy atom. The third kappa shape index (κ3) is 1.20. The first-order valence-electron chi connectivity index (χ1n) is 2.17. The molecule has 0 aliphatic carbocycles. The highest BCUT2D eigenvalue weighted by Gasteiger charge is 1.98. The van der Waals surface area contributed by atoms with Gasteiger partial charge in [0.25, 0.3) is 0 Å². The molecule has 0 aromatic carbocycles. The molecule has 0 radical (unpaired) electrons. The zero-order valence-electron chi connectivity index (χ0n) is 4.37. The number of aromatic nitrogens is 2. The van der Waals surface area contributed by atoms with Crippen LogP contribution in [0.1, 0.15) is 0 Å². The molecule has 1 aromatic heterocycles. The second-order valence-corrected chi connectivity index (χ2v) is 1.81. The first-order chi connectivity index (χ1) is 4.20. The van der Waals surface area contributed by atoms with Gasteiger partial charge in [-0.2, -0.15) is 4.98 Å². The summed E-state index contributed by atoms with van der Waals surface area (Å²) in [4.78, 5) is 6.88. The maximum atomic E-state index is 8.74. The van der Waals surface area contributed by atoms with Crippen molar-refractivity contribution in [2.45, 2.75) is 0 Å². The zero-order valence-corrected chi connectivity index (χ0v) is 5.13. The second-order valence-electron chi connectivity index (χ2n) is 1.40. The van der Waals surface area contributed by atoms with Crippen LogP contribution in [0.4, 0.5) is 5.95 Å². The highest BCUT2D eigenvalue weighted by atomic mass is 35.5. The topological polar surface area (TPSA) is 72.0 Å². The number of rotatable bonds is 0. The van der Waals surface area contributed by atoms with E-state index in [1.807, 2.05) is 0 Å². The summed E-state index contributed by atoms with van der Waals surface area (Å²) in [5.74, 6) is -0.277. The van der Waals surface area contributed by atoms with Gasteiger partial charge in [-0.15, -0.1) is 0 Å². The van der Waals surface area contributed by atoms with E-state index in [-0.39, 0.29) is 16.9 Å². The van der Waals surface area contributed by atoms with Crippen LogP contribution in [0.2, 0.25) is 5.02 Å². The molecule has 0 aliphatic heterocycles. The van der Waals surface area contributed by atoms with E-state index >= 15 is 0 Å². The van der Waals surface area contributed by atoms with E-state index in [1.54, 1.807) is 0 Å². The maximum absolute atomic E-state index is 8.74. The van der Waals surface area contributed by atoms with Crippen molar-refractivity contribution in [3.8, 4) is 5.88 Å². The van der Waals surface area contributed by atoms with Crippen molar-refractivity contribution < 1.29 is 5.11 Å². The molecular formula is C4H4ClN3O. The third-order valence-corrected chi connectivity index (χ3v) is 1.01. The highest BCUT2D eigenvalue weighted by molar-refractivity contribution is 6.31. The molecule has 0 unspecified atom stereocenters. The Hall–Kier alpha value is -1.03. The summed E-state index contributed by atoms with van der Waals surface area (Å²) < 4.78 is 0. The molecule has 1 aromatic rings. The summed E-state index contributed by atoms with van der Waals surface area (Å²) in [7, 11) is 0. The minimum absolute atomic E-state index is 0.0110. The van der Waals surface area contributed by atoms with Crippen molar-refractivity contribution in [3.05, 3.63) is 11.2 Å². The molecule has 0 bridgehead atoms. The van der Waals surface area contributed by atoms with Crippen LogP contribution in [0, 0.1) is 0 Å². The second kappa shape index (κ2) is 2.06. The van der Waals surface area contributed by atoms with E-state index in [1.165, 1.54) is 6.20 Å². The Kier molecular flexibility index (Phi) is 1.40. The Morgan fingerprint density at radius 2 is 2.33 bits per heavy atom. The molecule has 0 aliphatic rings. The van der Waals surface area contributed by atoms with Gasteiger partial charge in [0, 0.05) is 0 Å². The molecule has 0 saturated heterocycles. The summed E-state index contributed by atoms with van der Waals surface area (Å²) in [6, 6.07) is 0. The van der Waals surface area contributed by atoms with Gasteiger partial charge in [0.15, 0.2) is 0 Å². The molecule has 5 heteroatoms. The monoisotopic (exact) mass is 145 g/mol. The lowest BCUT2D eigenvalue weighted by Gasteiger charge is -1.92. The number of halogens is 1. The van der Waals surface area contributed by atoms with Crippen LogP contribution < -0.4 is 5.73 Å². The lowest BCUT2D eigenvalue weighted by atomic mass is 10.6. The van der Waals surface area contributed by atoms with Crippen molar-refractivity contribution in [2.24, 2.45) is 0 Å². The quantitative estimate of drug-likeness (QED) is 0.555. The van der Waals surface area contributed by atoms with Crippen LogP contribution >= 0.6 is 11.6 Å². The van der Waals surface area contributed by atoms with Crippen LogP contribution in [-0.4, -0.2) is 15.1 Å². The van der Waals surface area contributed by atoms with Gasteiger partial charge >= 0.3 is 0 Å². The molecule has 0 spiro atoms.